The summed E-state index contributed by atoms with van der Waals surface area (Å²) in [6.45, 7) is 12.5. The van der Waals surface area contributed by atoms with Crippen molar-refractivity contribution in [2.45, 2.75) is 33.6 Å². The summed E-state index contributed by atoms with van der Waals surface area (Å²) in [5.41, 5.74) is 1.34. The highest BCUT2D eigenvalue weighted by Gasteiger charge is 2.06. The van der Waals surface area contributed by atoms with Crippen molar-refractivity contribution in [1.82, 2.24) is 4.90 Å². The maximum Gasteiger partial charge on any atom is 0.0366 e. The summed E-state index contributed by atoms with van der Waals surface area (Å²) >= 11 is 0. The third-order valence-corrected chi connectivity index (χ3v) is 3.46. The molecule has 0 fully saturated rings. The Morgan fingerprint density at radius 3 is 2.11 bits per heavy atom. The zero-order valence-corrected chi connectivity index (χ0v) is 12.2. The van der Waals surface area contributed by atoms with Gasteiger partial charge in [0.1, 0.15) is 0 Å². The highest BCUT2D eigenvalue weighted by atomic mass is 15.2. The number of para-hydroxylation sites is 1. The monoisotopic (exact) mass is 248 g/mol. The van der Waals surface area contributed by atoms with Crippen molar-refractivity contribution in [3.05, 3.63) is 30.3 Å². The smallest absolute Gasteiger partial charge is 0.0366 e. The van der Waals surface area contributed by atoms with E-state index in [1.165, 1.54) is 31.6 Å². The van der Waals surface area contributed by atoms with Gasteiger partial charge in [-0.2, -0.15) is 0 Å². The Bertz CT molecular complexity index is 297. The summed E-state index contributed by atoms with van der Waals surface area (Å²) in [5.74, 6) is 0. The van der Waals surface area contributed by atoms with E-state index in [1.807, 2.05) is 0 Å². The molecule has 1 rings (SSSR count). The number of hydrogen-bond acceptors (Lipinski definition) is 2. The molecule has 2 heteroatoms. The van der Waals surface area contributed by atoms with Crippen LogP contribution in [0.3, 0.4) is 0 Å². The Morgan fingerprint density at radius 1 is 0.833 bits per heavy atom. The van der Waals surface area contributed by atoms with Crippen LogP contribution in [0.2, 0.25) is 0 Å². The molecule has 2 nitrogen and oxygen atoms in total. The lowest BCUT2D eigenvalue weighted by molar-refractivity contribution is 0.289. The zero-order chi connectivity index (χ0) is 13.2. The number of hydrogen-bond donors (Lipinski definition) is 0. The van der Waals surface area contributed by atoms with Crippen LogP contribution in [0.1, 0.15) is 33.6 Å². The first-order valence-corrected chi connectivity index (χ1v) is 7.34. The summed E-state index contributed by atoms with van der Waals surface area (Å²) in [6, 6.07) is 10.7. The second kappa shape index (κ2) is 8.98. The standard InChI is InChI=1S/C16H28N2/c1-4-7-13-17(5-2)14-15-18(6-3)16-11-9-8-10-12-16/h8-12H,4-7,13-15H2,1-3H3. The molecule has 102 valence electrons. The highest BCUT2D eigenvalue weighted by Crippen LogP contribution is 2.12. The zero-order valence-electron chi connectivity index (χ0n) is 12.2. The summed E-state index contributed by atoms with van der Waals surface area (Å²) in [4.78, 5) is 5.00. The van der Waals surface area contributed by atoms with E-state index in [0.717, 1.165) is 19.6 Å². The van der Waals surface area contributed by atoms with Crippen LogP contribution in [-0.2, 0) is 0 Å². The first-order valence-electron chi connectivity index (χ1n) is 7.34. The Kier molecular flexibility index (Phi) is 7.51. The predicted octanol–water partition coefficient (Wildman–Crippen LogP) is 3.63. The molecular formula is C16H28N2. The molecule has 0 heterocycles. The summed E-state index contributed by atoms with van der Waals surface area (Å²) in [6.07, 6.45) is 2.60. The van der Waals surface area contributed by atoms with Gasteiger partial charge in [-0.1, -0.05) is 38.5 Å². The highest BCUT2D eigenvalue weighted by molar-refractivity contribution is 5.45. The average molecular weight is 248 g/mol. The van der Waals surface area contributed by atoms with Crippen LogP contribution in [-0.4, -0.2) is 37.6 Å². The van der Waals surface area contributed by atoms with Crippen LogP contribution >= 0.6 is 0 Å². The van der Waals surface area contributed by atoms with E-state index < -0.39 is 0 Å². The minimum absolute atomic E-state index is 1.08. The lowest BCUT2D eigenvalue weighted by Gasteiger charge is -2.27. The van der Waals surface area contributed by atoms with Gasteiger partial charge in [-0.15, -0.1) is 0 Å². The second-order valence-electron chi connectivity index (χ2n) is 4.70. The summed E-state index contributed by atoms with van der Waals surface area (Å²) in [7, 11) is 0. The molecule has 0 aromatic heterocycles. The van der Waals surface area contributed by atoms with Gasteiger partial charge in [0, 0.05) is 25.3 Å². The Labute approximate surface area is 113 Å². The lowest BCUT2D eigenvalue weighted by Crippen LogP contribution is -2.35. The molecule has 0 bridgehead atoms. The minimum atomic E-state index is 1.08. The molecule has 0 saturated heterocycles. The van der Waals surface area contributed by atoms with Gasteiger partial charge in [-0.3, -0.25) is 0 Å². The second-order valence-corrected chi connectivity index (χ2v) is 4.70. The van der Waals surface area contributed by atoms with E-state index in [0.29, 0.717) is 0 Å². The van der Waals surface area contributed by atoms with E-state index in [9.17, 15) is 0 Å². The average Bonchev–Trinajstić information content (AvgIpc) is 2.44. The molecule has 0 unspecified atom stereocenters. The van der Waals surface area contributed by atoms with Gasteiger partial charge >= 0.3 is 0 Å². The fraction of sp³-hybridized carbons (Fsp3) is 0.625. The van der Waals surface area contributed by atoms with Crippen LogP contribution in [0.4, 0.5) is 5.69 Å². The Hall–Kier alpha value is -1.02. The van der Waals surface area contributed by atoms with Crippen LogP contribution in [0, 0.1) is 0 Å². The van der Waals surface area contributed by atoms with E-state index in [1.54, 1.807) is 0 Å². The quantitative estimate of drug-likeness (QED) is 0.658. The van der Waals surface area contributed by atoms with Gasteiger partial charge in [0.25, 0.3) is 0 Å². The van der Waals surface area contributed by atoms with Crippen molar-refractivity contribution < 1.29 is 0 Å². The molecule has 0 saturated carbocycles. The maximum absolute atomic E-state index is 2.55. The van der Waals surface area contributed by atoms with Gasteiger partial charge in [0.05, 0.1) is 0 Å². The maximum atomic E-state index is 2.55. The van der Waals surface area contributed by atoms with Crippen LogP contribution in [0.15, 0.2) is 30.3 Å². The minimum Gasteiger partial charge on any atom is -0.371 e. The Morgan fingerprint density at radius 2 is 1.56 bits per heavy atom. The summed E-state index contributed by atoms with van der Waals surface area (Å²) in [5, 5.41) is 0. The summed E-state index contributed by atoms with van der Waals surface area (Å²) < 4.78 is 0. The first-order chi connectivity index (χ1) is 8.81. The van der Waals surface area contributed by atoms with E-state index in [4.69, 9.17) is 0 Å². The molecule has 1 aromatic rings. The van der Waals surface area contributed by atoms with Crippen molar-refractivity contribution in [3.63, 3.8) is 0 Å². The predicted molar refractivity (Wildman–Crippen MR) is 81.4 cm³/mol. The fourth-order valence-corrected chi connectivity index (χ4v) is 2.18. The van der Waals surface area contributed by atoms with Gasteiger partial charge in [-0.25, -0.2) is 0 Å². The number of nitrogens with zero attached hydrogens (tertiary/aromatic N) is 2. The molecule has 0 aliphatic carbocycles. The van der Waals surface area contributed by atoms with Gasteiger partial charge < -0.3 is 9.80 Å². The SMILES string of the molecule is CCCCN(CC)CCN(CC)c1ccccc1. The first kappa shape index (κ1) is 15.0. The van der Waals surface area contributed by atoms with Crippen molar-refractivity contribution in [1.29, 1.82) is 0 Å². The number of benzene rings is 1. The van der Waals surface area contributed by atoms with Crippen LogP contribution in [0.25, 0.3) is 0 Å². The van der Waals surface area contributed by atoms with E-state index in [-0.39, 0.29) is 0 Å². The van der Waals surface area contributed by atoms with E-state index in [2.05, 4.69) is 60.9 Å². The normalized spacial score (nSPS) is 10.9. The van der Waals surface area contributed by atoms with Crippen LogP contribution in [0.5, 0.6) is 0 Å². The van der Waals surface area contributed by atoms with Crippen LogP contribution < -0.4 is 4.90 Å². The number of unbranched alkanes of at least 4 members (excludes halogenated alkanes) is 1. The van der Waals surface area contributed by atoms with Gasteiger partial charge in [0.15, 0.2) is 0 Å². The molecule has 0 radical (unpaired) electrons. The largest absolute Gasteiger partial charge is 0.371 e. The van der Waals surface area contributed by atoms with Gasteiger partial charge in [-0.05, 0) is 38.6 Å². The molecule has 18 heavy (non-hydrogen) atoms. The molecule has 0 amide bonds. The van der Waals surface area contributed by atoms with Gasteiger partial charge in [0.2, 0.25) is 0 Å². The molecular weight excluding hydrogens is 220 g/mol. The fourth-order valence-electron chi connectivity index (χ4n) is 2.18. The number of likely N-dealkylation sites (N-methyl/N-ethyl adjacent to an activating group) is 2. The molecule has 0 atom stereocenters. The van der Waals surface area contributed by atoms with Crippen molar-refractivity contribution in [2.75, 3.05) is 37.6 Å². The van der Waals surface area contributed by atoms with E-state index >= 15 is 0 Å². The number of rotatable bonds is 9. The molecule has 0 aliphatic rings. The van der Waals surface area contributed by atoms with Crippen molar-refractivity contribution >= 4 is 5.69 Å². The Balaban J connectivity index is 2.43. The third kappa shape index (κ3) is 5.09. The molecule has 0 aliphatic heterocycles. The molecule has 1 aromatic carbocycles. The molecule has 0 N–H and O–H groups in total. The molecule has 0 spiro atoms. The van der Waals surface area contributed by atoms with Crippen molar-refractivity contribution in [3.8, 4) is 0 Å². The lowest BCUT2D eigenvalue weighted by atomic mass is 10.2. The van der Waals surface area contributed by atoms with Crippen molar-refractivity contribution in [2.24, 2.45) is 0 Å². The topological polar surface area (TPSA) is 6.48 Å². The third-order valence-electron chi connectivity index (χ3n) is 3.46. The number of anilines is 1.